The highest BCUT2D eigenvalue weighted by Crippen LogP contribution is 2.11. The van der Waals surface area contributed by atoms with Crippen molar-refractivity contribution in [2.24, 2.45) is 0 Å². The monoisotopic (exact) mass is 261 g/mol. The van der Waals surface area contributed by atoms with E-state index in [4.69, 9.17) is 5.11 Å². The van der Waals surface area contributed by atoms with Crippen molar-refractivity contribution in [2.75, 3.05) is 24.6 Å². The number of carboxylic acid groups (broad SMARTS) is 1. The molecule has 1 aliphatic rings. The maximum absolute atomic E-state index is 11.9. The van der Waals surface area contributed by atoms with E-state index in [1.54, 1.807) is 0 Å². The van der Waals surface area contributed by atoms with Crippen LogP contribution in [-0.4, -0.2) is 54.9 Å². The summed E-state index contributed by atoms with van der Waals surface area (Å²) in [6.07, 6.45) is 0. The van der Waals surface area contributed by atoms with Crippen molar-refractivity contribution < 1.29 is 23.1 Å². The number of hydrogen-bond donors (Lipinski definition) is 1. The van der Waals surface area contributed by atoms with Crippen LogP contribution in [0.25, 0.3) is 0 Å². The number of aliphatic carboxylic acids is 1. The first-order valence-corrected chi connectivity index (χ1v) is 6.97. The van der Waals surface area contributed by atoms with Gasteiger partial charge in [0.15, 0.2) is 9.84 Å². The van der Waals surface area contributed by atoms with Gasteiger partial charge in [-0.15, -0.1) is 0 Å². The second kappa shape index (κ2) is 4.87. The van der Waals surface area contributed by atoms with Crippen molar-refractivity contribution in [3.63, 3.8) is 0 Å². The standard InChI is InChI=1S/C10H15NO5S/c1-7(8(2)10(13)14)9(12)11-3-5-17(15,16)6-4-11/h3-6H2,1-2H3,(H,13,14). The van der Waals surface area contributed by atoms with E-state index in [0.29, 0.717) is 0 Å². The smallest absolute Gasteiger partial charge is 0.331 e. The average Bonchev–Trinajstić information content (AvgIpc) is 2.26. The van der Waals surface area contributed by atoms with Crippen LogP contribution in [-0.2, 0) is 19.4 Å². The van der Waals surface area contributed by atoms with E-state index in [-0.39, 0.29) is 35.7 Å². The first kappa shape index (κ1) is 13.7. The average molecular weight is 261 g/mol. The lowest BCUT2D eigenvalue weighted by Crippen LogP contribution is -2.44. The van der Waals surface area contributed by atoms with Crippen LogP contribution < -0.4 is 0 Å². The zero-order valence-corrected chi connectivity index (χ0v) is 10.6. The van der Waals surface area contributed by atoms with Crippen molar-refractivity contribution in [2.45, 2.75) is 13.8 Å². The molecule has 6 nitrogen and oxygen atoms in total. The number of carbonyl (C=O) groups excluding carboxylic acids is 1. The van der Waals surface area contributed by atoms with Gasteiger partial charge in [0.05, 0.1) is 11.5 Å². The number of rotatable bonds is 2. The van der Waals surface area contributed by atoms with Crippen LogP contribution in [0, 0.1) is 0 Å². The normalized spacial score (nSPS) is 20.7. The summed E-state index contributed by atoms with van der Waals surface area (Å²) in [5, 5.41) is 8.76. The van der Waals surface area contributed by atoms with E-state index in [1.165, 1.54) is 18.7 Å². The van der Waals surface area contributed by atoms with Crippen LogP contribution in [0.3, 0.4) is 0 Å². The topological polar surface area (TPSA) is 91.8 Å². The van der Waals surface area contributed by atoms with Crippen molar-refractivity contribution in [3.8, 4) is 0 Å². The second-order valence-electron chi connectivity index (χ2n) is 4.00. The van der Waals surface area contributed by atoms with Crippen LogP contribution >= 0.6 is 0 Å². The van der Waals surface area contributed by atoms with Gasteiger partial charge in [0, 0.05) is 24.2 Å². The molecule has 1 fully saturated rings. The van der Waals surface area contributed by atoms with Gasteiger partial charge in [-0.05, 0) is 13.8 Å². The van der Waals surface area contributed by atoms with E-state index in [2.05, 4.69) is 0 Å². The van der Waals surface area contributed by atoms with Crippen molar-refractivity contribution in [1.29, 1.82) is 0 Å². The summed E-state index contributed by atoms with van der Waals surface area (Å²) >= 11 is 0. The molecule has 0 spiro atoms. The molecule has 0 aromatic rings. The second-order valence-corrected chi connectivity index (χ2v) is 6.30. The summed E-state index contributed by atoms with van der Waals surface area (Å²) < 4.78 is 22.4. The molecule has 17 heavy (non-hydrogen) atoms. The molecule has 0 unspecified atom stereocenters. The summed E-state index contributed by atoms with van der Waals surface area (Å²) in [4.78, 5) is 23.9. The maximum Gasteiger partial charge on any atom is 0.331 e. The maximum atomic E-state index is 11.9. The van der Waals surface area contributed by atoms with Crippen LogP contribution in [0.2, 0.25) is 0 Å². The quantitative estimate of drug-likeness (QED) is 0.687. The molecule has 0 bridgehead atoms. The number of carbonyl (C=O) groups is 2. The molecular weight excluding hydrogens is 246 g/mol. The number of carboxylic acids is 1. The Morgan fingerprint density at radius 2 is 1.53 bits per heavy atom. The Kier molecular flexibility index (Phi) is 3.92. The molecule has 1 aliphatic heterocycles. The van der Waals surface area contributed by atoms with Gasteiger partial charge in [-0.25, -0.2) is 13.2 Å². The SMILES string of the molecule is CC(C(=O)O)=C(C)C(=O)N1CCS(=O)(=O)CC1. The third kappa shape index (κ3) is 3.29. The third-order valence-electron chi connectivity index (χ3n) is 2.84. The van der Waals surface area contributed by atoms with Crippen molar-refractivity contribution in [1.82, 2.24) is 4.90 Å². The minimum atomic E-state index is -3.04. The van der Waals surface area contributed by atoms with E-state index in [0.717, 1.165) is 0 Å². The molecule has 1 N–H and O–H groups in total. The van der Waals surface area contributed by atoms with Crippen LogP contribution in [0.15, 0.2) is 11.1 Å². The predicted molar refractivity (Wildman–Crippen MR) is 61.2 cm³/mol. The lowest BCUT2D eigenvalue weighted by atomic mass is 10.1. The third-order valence-corrected chi connectivity index (χ3v) is 4.44. The molecule has 1 saturated heterocycles. The highest BCUT2D eigenvalue weighted by Gasteiger charge is 2.26. The molecule has 96 valence electrons. The molecule has 0 saturated carbocycles. The summed E-state index contributed by atoms with van der Waals surface area (Å²) in [5.74, 6) is -1.66. The van der Waals surface area contributed by atoms with Crippen molar-refractivity contribution in [3.05, 3.63) is 11.1 Å². The molecule has 0 atom stereocenters. The molecule has 7 heteroatoms. The van der Waals surface area contributed by atoms with Crippen LogP contribution in [0.4, 0.5) is 0 Å². The number of hydrogen-bond acceptors (Lipinski definition) is 4. The first-order chi connectivity index (χ1) is 7.74. The van der Waals surface area contributed by atoms with E-state index < -0.39 is 21.7 Å². The number of nitrogens with zero attached hydrogens (tertiary/aromatic N) is 1. The van der Waals surface area contributed by atoms with Gasteiger partial charge in [0.2, 0.25) is 5.91 Å². The Morgan fingerprint density at radius 3 is 1.94 bits per heavy atom. The molecule has 0 radical (unpaired) electrons. The molecule has 0 aromatic carbocycles. The van der Waals surface area contributed by atoms with Crippen molar-refractivity contribution >= 4 is 21.7 Å². The summed E-state index contributed by atoms with van der Waals surface area (Å²) in [7, 11) is -3.04. The fraction of sp³-hybridized carbons (Fsp3) is 0.600. The van der Waals surface area contributed by atoms with Gasteiger partial charge < -0.3 is 10.0 Å². The number of amides is 1. The zero-order chi connectivity index (χ0) is 13.2. The highest BCUT2D eigenvalue weighted by molar-refractivity contribution is 7.91. The lowest BCUT2D eigenvalue weighted by Gasteiger charge is -2.27. The summed E-state index contributed by atoms with van der Waals surface area (Å²) in [6, 6.07) is 0. The molecule has 1 amide bonds. The lowest BCUT2D eigenvalue weighted by molar-refractivity contribution is -0.133. The molecule has 0 aliphatic carbocycles. The van der Waals surface area contributed by atoms with Crippen LogP contribution in [0.5, 0.6) is 0 Å². The van der Waals surface area contributed by atoms with Gasteiger partial charge in [0.25, 0.3) is 0 Å². The first-order valence-electron chi connectivity index (χ1n) is 5.15. The van der Waals surface area contributed by atoms with E-state index >= 15 is 0 Å². The fourth-order valence-corrected chi connectivity index (χ4v) is 2.67. The Balaban J connectivity index is 2.80. The van der Waals surface area contributed by atoms with Gasteiger partial charge in [-0.2, -0.15) is 0 Å². The van der Waals surface area contributed by atoms with E-state index in [9.17, 15) is 18.0 Å². The number of sulfone groups is 1. The predicted octanol–water partition coefficient (Wildman–Crippen LogP) is -0.336. The zero-order valence-electron chi connectivity index (χ0n) is 9.76. The van der Waals surface area contributed by atoms with Gasteiger partial charge in [-0.1, -0.05) is 0 Å². The van der Waals surface area contributed by atoms with Crippen LogP contribution in [0.1, 0.15) is 13.8 Å². The van der Waals surface area contributed by atoms with Gasteiger partial charge in [-0.3, -0.25) is 4.79 Å². The molecule has 1 rings (SSSR count). The summed E-state index contributed by atoms with van der Waals surface area (Å²) in [5.41, 5.74) is 0.139. The minimum Gasteiger partial charge on any atom is -0.478 e. The molecule has 0 aromatic heterocycles. The van der Waals surface area contributed by atoms with Gasteiger partial charge in [0.1, 0.15) is 0 Å². The highest BCUT2D eigenvalue weighted by atomic mass is 32.2. The summed E-state index contributed by atoms with van der Waals surface area (Å²) in [6.45, 7) is 3.06. The Bertz CT molecular complexity index is 463. The Labute approximate surface area is 99.8 Å². The largest absolute Gasteiger partial charge is 0.478 e. The van der Waals surface area contributed by atoms with E-state index in [1.807, 2.05) is 0 Å². The fourth-order valence-electron chi connectivity index (χ4n) is 1.47. The van der Waals surface area contributed by atoms with Gasteiger partial charge >= 0.3 is 5.97 Å². The molecular formula is C10H15NO5S. The minimum absolute atomic E-state index is 0.0107. The Morgan fingerprint density at radius 1 is 1.06 bits per heavy atom. The molecule has 1 heterocycles. The Hall–Kier alpha value is -1.37.